The van der Waals surface area contributed by atoms with Gasteiger partial charge in [-0.25, -0.2) is 5.43 Å². The van der Waals surface area contributed by atoms with E-state index in [9.17, 15) is 4.79 Å². The normalized spacial score (nSPS) is 10.7. The van der Waals surface area contributed by atoms with Gasteiger partial charge in [-0.2, -0.15) is 5.10 Å². The molecule has 0 bridgehead atoms. The topological polar surface area (TPSA) is 62.7 Å². The maximum absolute atomic E-state index is 11.8. The molecule has 0 aliphatic heterocycles. The van der Waals surface area contributed by atoms with Crippen LogP contribution >= 0.6 is 31.9 Å². The minimum atomic E-state index is -0.221. The standard InChI is InChI=1S/C17H17Br2N3O2/c1-11-5-3-4-6-15(11)20-10-16(23)22-21-9-12-7-13(18)17(24-2)14(19)8-12/h3-9,20H,10H2,1-2H3,(H,22,23). The third kappa shape index (κ3) is 5.07. The van der Waals surface area contributed by atoms with Crippen LogP contribution in [0.25, 0.3) is 0 Å². The number of hydrazone groups is 1. The summed E-state index contributed by atoms with van der Waals surface area (Å²) in [6, 6.07) is 11.5. The first-order chi connectivity index (χ1) is 11.5. The van der Waals surface area contributed by atoms with Crippen LogP contribution in [0.4, 0.5) is 5.69 Å². The molecule has 2 aromatic carbocycles. The Morgan fingerprint density at radius 3 is 2.54 bits per heavy atom. The van der Waals surface area contributed by atoms with Crippen molar-refractivity contribution in [3.05, 3.63) is 56.5 Å². The second kappa shape index (κ2) is 8.84. The van der Waals surface area contributed by atoms with Crippen LogP contribution in [-0.4, -0.2) is 25.8 Å². The Morgan fingerprint density at radius 1 is 1.25 bits per heavy atom. The molecule has 0 atom stereocenters. The molecule has 1 amide bonds. The first-order valence-corrected chi connectivity index (χ1v) is 8.74. The molecule has 0 saturated carbocycles. The summed E-state index contributed by atoms with van der Waals surface area (Å²) < 4.78 is 6.84. The van der Waals surface area contributed by atoms with Crippen LogP contribution in [0.15, 0.2) is 50.4 Å². The molecule has 5 nitrogen and oxygen atoms in total. The maximum Gasteiger partial charge on any atom is 0.259 e. The summed E-state index contributed by atoms with van der Waals surface area (Å²) >= 11 is 6.84. The van der Waals surface area contributed by atoms with E-state index in [1.165, 1.54) is 0 Å². The van der Waals surface area contributed by atoms with Crippen molar-refractivity contribution in [2.75, 3.05) is 19.0 Å². The number of hydrogen-bond donors (Lipinski definition) is 2. The van der Waals surface area contributed by atoms with Crippen LogP contribution < -0.4 is 15.5 Å². The predicted octanol–water partition coefficient (Wildman–Crippen LogP) is 4.09. The van der Waals surface area contributed by atoms with Crippen LogP contribution in [0, 0.1) is 6.92 Å². The number of benzene rings is 2. The Hall–Kier alpha value is -1.86. The van der Waals surface area contributed by atoms with Crippen molar-refractivity contribution in [3.8, 4) is 5.75 Å². The number of ether oxygens (including phenoxy) is 1. The largest absolute Gasteiger partial charge is 0.494 e. The molecule has 0 fully saturated rings. The van der Waals surface area contributed by atoms with Gasteiger partial charge in [0.25, 0.3) is 5.91 Å². The van der Waals surface area contributed by atoms with Crippen molar-refractivity contribution in [2.45, 2.75) is 6.92 Å². The smallest absolute Gasteiger partial charge is 0.259 e. The molecule has 126 valence electrons. The van der Waals surface area contributed by atoms with Gasteiger partial charge in [0.15, 0.2) is 0 Å². The number of rotatable bonds is 6. The lowest BCUT2D eigenvalue weighted by Crippen LogP contribution is -2.26. The van der Waals surface area contributed by atoms with Gasteiger partial charge in [-0.05, 0) is 68.1 Å². The summed E-state index contributed by atoms with van der Waals surface area (Å²) in [5, 5.41) is 7.04. The highest BCUT2D eigenvalue weighted by molar-refractivity contribution is 9.11. The quantitative estimate of drug-likeness (QED) is 0.510. The summed E-state index contributed by atoms with van der Waals surface area (Å²) in [5.74, 6) is 0.486. The summed E-state index contributed by atoms with van der Waals surface area (Å²) in [6.45, 7) is 2.13. The van der Waals surface area contributed by atoms with Crippen LogP contribution in [0.5, 0.6) is 5.75 Å². The monoisotopic (exact) mass is 453 g/mol. The molecule has 0 radical (unpaired) electrons. The van der Waals surface area contributed by atoms with Crippen LogP contribution in [0.2, 0.25) is 0 Å². The molecule has 0 aliphatic rings. The van der Waals surface area contributed by atoms with Gasteiger partial charge >= 0.3 is 0 Å². The van der Waals surface area contributed by atoms with Gasteiger partial charge in [0, 0.05) is 5.69 Å². The summed E-state index contributed by atoms with van der Waals surface area (Å²) in [6.07, 6.45) is 1.57. The highest BCUT2D eigenvalue weighted by Crippen LogP contribution is 2.33. The summed E-state index contributed by atoms with van der Waals surface area (Å²) in [4.78, 5) is 11.8. The predicted molar refractivity (Wildman–Crippen MR) is 104 cm³/mol. The molecule has 2 N–H and O–H groups in total. The Kier molecular flexibility index (Phi) is 6.81. The Morgan fingerprint density at radius 2 is 1.92 bits per heavy atom. The van der Waals surface area contributed by atoms with E-state index in [0.717, 1.165) is 25.8 Å². The second-order valence-corrected chi connectivity index (χ2v) is 6.69. The van der Waals surface area contributed by atoms with E-state index in [1.807, 2.05) is 43.3 Å². The number of nitrogens with zero attached hydrogens (tertiary/aromatic N) is 1. The minimum Gasteiger partial charge on any atom is -0.494 e. The van der Waals surface area contributed by atoms with Crippen molar-refractivity contribution in [3.63, 3.8) is 0 Å². The van der Waals surface area contributed by atoms with Crippen molar-refractivity contribution < 1.29 is 9.53 Å². The minimum absolute atomic E-state index is 0.151. The van der Waals surface area contributed by atoms with Crippen molar-refractivity contribution in [1.82, 2.24) is 5.43 Å². The number of methoxy groups -OCH3 is 1. The molecule has 0 aromatic heterocycles. The number of carbonyl (C=O) groups is 1. The number of hydrogen-bond acceptors (Lipinski definition) is 4. The van der Waals surface area contributed by atoms with Gasteiger partial charge < -0.3 is 10.1 Å². The van der Waals surface area contributed by atoms with Crippen molar-refractivity contribution in [1.29, 1.82) is 0 Å². The Bertz CT molecular complexity index is 740. The van der Waals surface area contributed by atoms with E-state index in [4.69, 9.17) is 4.74 Å². The van der Waals surface area contributed by atoms with Crippen LogP contribution in [0.1, 0.15) is 11.1 Å². The van der Waals surface area contributed by atoms with Gasteiger partial charge in [-0.1, -0.05) is 18.2 Å². The van der Waals surface area contributed by atoms with Crippen molar-refractivity contribution in [2.24, 2.45) is 5.10 Å². The molecule has 2 rings (SSSR count). The number of aryl methyl sites for hydroxylation is 1. The van der Waals surface area contributed by atoms with Crippen molar-refractivity contribution >= 4 is 49.7 Å². The molecule has 0 unspecified atom stereocenters. The molecule has 0 aliphatic carbocycles. The lowest BCUT2D eigenvalue weighted by atomic mass is 10.2. The number of nitrogens with one attached hydrogen (secondary N) is 2. The van der Waals surface area contributed by atoms with Gasteiger partial charge in [0.2, 0.25) is 0 Å². The molecule has 0 heterocycles. The summed E-state index contributed by atoms with van der Waals surface area (Å²) in [5.41, 5.74) is 5.33. The number of amides is 1. The zero-order valence-corrected chi connectivity index (χ0v) is 16.4. The zero-order valence-electron chi connectivity index (χ0n) is 13.3. The first-order valence-electron chi connectivity index (χ1n) is 7.15. The fourth-order valence-electron chi connectivity index (χ4n) is 2.01. The number of carbonyl (C=O) groups excluding carboxylic acids is 1. The number of halogens is 2. The first kappa shape index (κ1) is 18.5. The zero-order chi connectivity index (χ0) is 17.5. The Labute approximate surface area is 157 Å². The number of para-hydroxylation sites is 1. The summed E-state index contributed by atoms with van der Waals surface area (Å²) in [7, 11) is 1.60. The van der Waals surface area contributed by atoms with Crippen LogP contribution in [-0.2, 0) is 4.79 Å². The average Bonchev–Trinajstić information content (AvgIpc) is 2.54. The van der Waals surface area contributed by atoms with Gasteiger partial charge in [0.1, 0.15) is 5.75 Å². The molecule has 24 heavy (non-hydrogen) atoms. The van der Waals surface area contributed by atoms with E-state index >= 15 is 0 Å². The van der Waals surface area contributed by atoms with Gasteiger partial charge in [0.05, 0.1) is 28.8 Å². The van der Waals surface area contributed by atoms with Gasteiger partial charge in [-0.15, -0.1) is 0 Å². The van der Waals surface area contributed by atoms with E-state index in [1.54, 1.807) is 13.3 Å². The highest BCUT2D eigenvalue weighted by Gasteiger charge is 2.07. The van der Waals surface area contributed by atoms with E-state index in [-0.39, 0.29) is 12.5 Å². The van der Waals surface area contributed by atoms with Crippen LogP contribution in [0.3, 0.4) is 0 Å². The SMILES string of the molecule is COc1c(Br)cc(C=NNC(=O)CNc2ccccc2C)cc1Br. The maximum atomic E-state index is 11.8. The number of anilines is 1. The lowest BCUT2D eigenvalue weighted by molar-refractivity contribution is -0.119. The Balaban J connectivity index is 1.90. The molecule has 7 heteroatoms. The van der Waals surface area contributed by atoms with E-state index in [0.29, 0.717) is 5.75 Å². The molecule has 2 aromatic rings. The third-order valence-electron chi connectivity index (χ3n) is 3.21. The highest BCUT2D eigenvalue weighted by atomic mass is 79.9. The van der Waals surface area contributed by atoms with E-state index < -0.39 is 0 Å². The molecular formula is C17H17Br2N3O2. The molecular weight excluding hydrogens is 438 g/mol. The lowest BCUT2D eigenvalue weighted by Gasteiger charge is -2.08. The van der Waals surface area contributed by atoms with E-state index in [2.05, 4.69) is 47.7 Å². The third-order valence-corrected chi connectivity index (χ3v) is 4.39. The molecule has 0 spiro atoms. The molecule has 0 saturated heterocycles. The second-order valence-electron chi connectivity index (χ2n) is 4.98. The fourth-order valence-corrected chi connectivity index (χ4v) is 3.56. The average molecular weight is 455 g/mol. The fraction of sp³-hybridized carbons (Fsp3) is 0.176. The van der Waals surface area contributed by atoms with Gasteiger partial charge in [-0.3, -0.25) is 4.79 Å².